The summed E-state index contributed by atoms with van der Waals surface area (Å²) in [6, 6.07) is 1.98. The molecule has 4 nitrogen and oxygen atoms in total. The number of aryl methyl sites for hydroxylation is 1. The van der Waals surface area contributed by atoms with Gasteiger partial charge in [0.1, 0.15) is 11.6 Å². The van der Waals surface area contributed by atoms with E-state index in [4.69, 9.17) is 17.3 Å². The minimum absolute atomic E-state index is 0.102. The molecule has 18 heavy (non-hydrogen) atoms. The average molecular weight is 264 g/mol. The maximum Gasteiger partial charge on any atom is 0.142 e. The lowest BCUT2D eigenvalue weighted by molar-refractivity contribution is 0.475. The molecule has 0 fully saturated rings. The molecule has 1 heterocycles. The van der Waals surface area contributed by atoms with Crippen LogP contribution in [0.1, 0.15) is 24.0 Å². The van der Waals surface area contributed by atoms with E-state index in [9.17, 15) is 5.11 Å². The maximum atomic E-state index is 10.2. The SMILES string of the molecule is Nc1[nH]ncc1-c1cc2c(c(Cl)c1O)CCCC2. The van der Waals surface area contributed by atoms with Crippen LogP contribution in [0.15, 0.2) is 12.3 Å². The average Bonchev–Trinajstić information content (AvgIpc) is 2.80. The van der Waals surface area contributed by atoms with Gasteiger partial charge < -0.3 is 10.8 Å². The van der Waals surface area contributed by atoms with Gasteiger partial charge in [0.25, 0.3) is 0 Å². The van der Waals surface area contributed by atoms with Gasteiger partial charge in [-0.15, -0.1) is 0 Å². The van der Waals surface area contributed by atoms with E-state index in [1.54, 1.807) is 6.20 Å². The van der Waals surface area contributed by atoms with Gasteiger partial charge in [-0.2, -0.15) is 5.10 Å². The molecule has 3 rings (SSSR count). The Morgan fingerprint density at radius 3 is 2.78 bits per heavy atom. The molecule has 0 spiro atoms. The van der Waals surface area contributed by atoms with Crippen LogP contribution in [0.25, 0.3) is 11.1 Å². The van der Waals surface area contributed by atoms with Gasteiger partial charge in [-0.05, 0) is 42.9 Å². The van der Waals surface area contributed by atoms with Crippen LogP contribution in [0, 0.1) is 0 Å². The number of benzene rings is 1. The van der Waals surface area contributed by atoms with Crippen LogP contribution >= 0.6 is 11.6 Å². The zero-order chi connectivity index (χ0) is 12.7. The van der Waals surface area contributed by atoms with Gasteiger partial charge in [0.2, 0.25) is 0 Å². The lowest BCUT2D eigenvalue weighted by atomic mass is 9.88. The number of hydrogen-bond acceptors (Lipinski definition) is 3. The van der Waals surface area contributed by atoms with E-state index in [2.05, 4.69) is 10.2 Å². The Labute approximate surface area is 110 Å². The van der Waals surface area contributed by atoms with Crippen molar-refractivity contribution < 1.29 is 5.11 Å². The van der Waals surface area contributed by atoms with Crippen molar-refractivity contribution in [3.05, 3.63) is 28.4 Å². The summed E-state index contributed by atoms with van der Waals surface area (Å²) in [4.78, 5) is 0. The fourth-order valence-electron chi connectivity index (χ4n) is 2.56. The zero-order valence-corrected chi connectivity index (χ0v) is 10.6. The van der Waals surface area contributed by atoms with Crippen molar-refractivity contribution >= 4 is 17.4 Å². The van der Waals surface area contributed by atoms with Gasteiger partial charge in [-0.1, -0.05) is 11.6 Å². The number of aromatic amines is 1. The fourth-order valence-corrected chi connectivity index (χ4v) is 2.88. The Bertz CT molecular complexity index is 607. The van der Waals surface area contributed by atoms with Gasteiger partial charge in [0.15, 0.2) is 0 Å². The molecule has 0 atom stereocenters. The summed E-state index contributed by atoms with van der Waals surface area (Å²) in [6.07, 6.45) is 5.83. The second kappa shape index (κ2) is 4.21. The number of anilines is 1. The molecule has 1 aliphatic rings. The Balaban J connectivity index is 2.22. The molecule has 0 radical (unpaired) electrons. The van der Waals surface area contributed by atoms with E-state index in [0.29, 0.717) is 22.0 Å². The van der Waals surface area contributed by atoms with Crippen molar-refractivity contribution in [1.82, 2.24) is 10.2 Å². The first-order valence-corrected chi connectivity index (χ1v) is 6.38. The molecule has 5 heteroatoms. The van der Waals surface area contributed by atoms with Crippen molar-refractivity contribution in [3.8, 4) is 16.9 Å². The fraction of sp³-hybridized carbons (Fsp3) is 0.308. The van der Waals surface area contributed by atoms with Crippen molar-refractivity contribution in [1.29, 1.82) is 0 Å². The molecule has 94 valence electrons. The first-order valence-electron chi connectivity index (χ1n) is 6.01. The van der Waals surface area contributed by atoms with E-state index in [1.165, 1.54) is 5.56 Å². The number of fused-ring (bicyclic) bond motifs is 1. The Kier molecular flexibility index (Phi) is 2.67. The Morgan fingerprint density at radius 1 is 1.28 bits per heavy atom. The number of hydrogen-bond donors (Lipinski definition) is 3. The number of H-pyrrole nitrogens is 1. The van der Waals surface area contributed by atoms with Crippen LogP contribution in [-0.4, -0.2) is 15.3 Å². The lowest BCUT2D eigenvalue weighted by Gasteiger charge is -2.19. The summed E-state index contributed by atoms with van der Waals surface area (Å²) in [7, 11) is 0. The van der Waals surface area contributed by atoms with Crippen molar-refractivity contribution in [2.75, 3.05) is 5.73 Å². The van der Waals surface area contributed by atoms with Gasteiger partial charge >= 0.3 is 0 Å². The smallest absolute Gasteiger partial charge is 0.142 e. The standard InChI is InChI=1S/C13H14ClN3O/c14-11-8-4-2-1-3-7(8)5-9(12(11)18)10-6-16-17-13(10)15/h5-6,18H,1-4H2,(H3,15,16,17). The zero-order valence-electron chi connectivity index (χ0n) is 9.83. The van der Waals surface area contributed by atoms with Gasteiger partial charge in [0.05, 0.1) is 11.2 Å². The molecule has 0 aliphatic heterocycles. The summed E-state index contributed by atoms with van der Waals surface area (Å²) < 4.78 is 0. The molecule has 1 aliphatic carbocycles. The van der Waals surface area contributed by atoms with Crippen LogP contribution in [0.3, 0.4) is 0 Å². The van der Waals surface area contributed by atoms with E-state index < -0.39 is 0 Å². The Morgan fingerprint density at radius 2 is 2.06 bits per heavy atom. The van der Waals surface area contributed by atoms with E-state index >= 15 is 0 Å². The Hall–Kier alpha value is -1.68. The second-order valence-electron chi connectivity index (χ2n) is 4.63. The number of rotatable bonds is 1. The number of phenolic OH excluding ortho intramolecular Hbond substituents is 1. The number of phenols is 1. The molecule has 4 N–H and O–H groups in total. The quantitative estimate of drug-likeness (QED) is 0.741. The summed E-state index contributed by atoms with van der Waals surface area (Å²) in [5.74, 6) is 0.544. The predicted octanol–water partition coefficient (Wildman–Crippen LogP) is 2.90. The van der Waals surface area contributed by atoms with Crippen LogP contribution in [-0.2, 0) is 12.8 Å². The highest BCUT2D eigenvalue weighted by Crippen LogP contribution is 2.42. The number of nitrogens with zero attached hydrogens (tertiary/aromatic N) is 1. The molecule has 0 unspecified atom stereocenters. The molecule has 0 amide bonds. The topological polar surface area (TPSA) is 74.9 Å². The van der Waals surface area contributed by atoms with Crippen molar-refractivity contribution in [3.63, 3.8) is 0 Å². The van der Waals surface area contributed by atoms with E-state index in [1.807, 2.05) is 6.07 Å². The lowest BCUT2D eigenvalue weighted by Crippen LogP contribution is -2.04. The summed E-state index contributed by atoms with van der Waals surface area (Å²) in [5, 5.41) is 17.2. The van der Waals surface area contributed by atoms with Crippen LogP contribution in [0.2, 0.25) is 5.02 Å². The monoisotopic (exact) mass is 263 g/mol. The number of aromatic hydroxyl groups is 1. The highest BCUT2D eigenvalue weighted by Gasteiger charge is 2.20. The minimum Gasteiger partial charge on any atom is -0.506 e. The largest absolute Gasteiger partial charge is 0.506 e. The number of nitrogens with two attached hydrogens (primary N) is 1. The van der Waals surface area contributed by atoms with Gasteiger partial charge in [0, 0.05) is 11.1 Å². The second-order valence-corrected chi connectivity index (χ2v) is 5.01. The molecular weight excluding hydrogens is 250 g/mol. The van der Waals surface area contributed by atoms with Gasteiger partial charge in [-0.3, -0.25) is 5.10 Å². The molecule has 2 aromatic rings. The first-order chi connectivity index (χ1) is 8.68. The number of nitrogen functional groups attached to an aromatic ring is 1. The highest BCUT2D eigenvalue weighted by molar-refractivity contribution is 6.33. The third-order valence-corrected chi connectivity index (χ3v) is 3.92. The summed E-state index contributed by atoms with van der Waals surface area (Å²) in [5.41, 5.74) is 9.43. The third kappa shape index (κ3) is 1.64. The van der Waals surface area contributed by atoms with Crippen molar-refractivity contribution in [2.45, 2.75) is 25.7 Å². The number of aromatic nitrogens is 2. The molecule has 1 aromatic heterocycles. The van der Waals surface area contributed by atoms with E-state index in [-0.39, 0.29) is 5.75 Å². The highest BCUT2D eigenvalue weighted by atomic mass is 35.5. The molecular formula is C13H14ClN3O. The predicted molar refractivity (Wildman–Crippen MR) is 71.8 cm³/mol. The molecule has 0 saturated heterocycles. The normalized spacial score (nSPS) is 14.5. The number of nitrogens with one attached hydrogen (secondary N) is 1. The summed E-state index contributed by atoms with van der Waals surface area (Å²) >= 11 is 6.26. The number of halogens is 1. The maximum absolute atomic E-state index is 10.2. The van der Waals surface area contributed by atoms with Gasteiger partial charge in [-0.25, -0.2) is 0 Å². The molecule has 0 bridgehead atoms. The molecule has 1 aromatic carbocycles. The first kappa shape index (κ1) is 11.4. The minimum atomic E-state index is 0.102. The van der Waals surface area contributed by atoms with Crippen LogP contribution in [0.5, 0.6) is 5.75 Å². The summed E-state index contributed by atoms with van der Waals surface area (Å²) in [6.45, 7) is 0. The third-order valence-electron chi connectivity index (χ3n) is 3.52. The van der Waals surface area contributed by atoms with E-state index in [0.717, 1.165) is 31.2 Å². The molecule has 0 saturated carbocycles. The van der Waals surface area contributed by atoms with Crippen molar-refractivity contribution in [2.24, 2.45) is 0 Å². The van der Waals surface area contributed by atoms with Crippen LogP contribution < -0.4 is 5.73 Å². The van der Waals surface area contributed by atoms with Crippen LogP contribution in [0.4, 0.5) is 5.82 Å².